The first-order valence-corrected chi connectivity index (χ1v) is 11.1. The average Bonchev–Trinajstić information content (AvgIpc) is 3.30. The number of benzene rings is 2. The van der Waals surface area contributed by atoms with Crippen LogP contribution < -0.4 is 14.2 Å². The van der Waals surface area contributed by atoms with Gasteiger partial charge in [0.15, 0.2) is 11.5 Å². The standard InChI is InChI=1S/C25H29NO4S/c1-18(13-21-11-8-12-31-21)26(17-19-9-6-5-7-10-19)24(27)16-20-14-22(28-2)25(30-4)23(15-20)29-3/h5-12,14-15,18H,13,16-17H2,1-4H3/t18-/m0/s1. The van der Waals surface area contributed by atoms with Gasteiger partial charge in [-0.2, -0.15) is 0 Å². The molecule has 0 aliphatic carbocycles. The molecule has 0 fully saturated rings. The van der Waals surface area contributed by atoms with E-state index in [1.165, 1.54) is 4.88 Å². The Kier molecular flexibility index (Phi) is 7.95. The summed E-state index contributed by atoms with van der Waals surface area (Å²) in [6.45, 7) is 2.67. The van der Waals surface area contributed by atoms with Crippen LogP contribution in [0.2, 0.25) is 0 Å². The Bertz CT molecular complexity index is 947. The maximum atomic E-state index is 13.5. The van der Waals surface area contributed by atoms with Crippen LogP contribution >= 0.6 is 11.3 Å². The quantitative estimate of drug-likeness (QED) is 0.447. The number of carbonyl (C=O) groups excluding carboxylic acids is 1. The van der Waals surface area contributed by atoms with Gasteiger partial charge in [0.25, 0.3) is 0 Å². The van der Waals surface area contributed by atoms with Crippen LogP contribution in [0.1, 0.15) is 22.9 Å². The van der Waals surface area contributed by atoms with Crippen molar-refractivity contribution in [3.8, 4) is 17.2 Å². The summed E-state index contributed by atoms with van der Waals surface area (Å²) in [5.74, 6) is 1.67. The minimum absolute atomic E-state index is 0.0576. The Morgan fingerprint density at radius 2 is 1.61 bits per heavy atom. The zero-order valence-electron chi connectivity index (χ0n) is 18.5. The molecule has 0 aliphatic heterocycles. The highest BCUT2D eigenvalue weighted by Crippen LogP contribution is 2.38. The largest absolute Gasteiger partial charge is 0.493 e. The van der Waals surface area contributed by atoms with Gasteiger partial charge in [0.2, 0.25) is 11.7 Å². The van der Waals surface area contributed by atoms with Crippen LogP contribution in [0.25, 0.3) is 0 Å². The highest BCUT2D eigenvalue weighted by atomic mass is 32.1. The molecular formula is C25H29NO4S. The highest BCUT2D eigenvalue weighted by molar-refractivity contribution is 7.09. The first-order chi connectivity index (χ1) is 15.0. The summed E-state index contributed by atoms with van der Waals surface area (Å²) >= 11 is 1.72. The zero-order chi connectivity index (χ0) is 22.2. The molecule has 164 valence electrons. The molecule has 31 heavy (non-hydrogen) atoms. The van der Waals surface area contributed by atoms with Crippen molar-refractivity contribution in [2.45, 2.75) is 32.4 Å². The van der Waals surface area contributed by atoms with E-state index in [4.69, 9.17) is 14.2 Å². The predicted molar refractivity (Wildman–Crippen MR) is 124 cm³/mol. The van der Waals surface area contributed by atoms with Gasteiger partial charge in [-0.3, -0.25) is 4.79 Å². The Balaban J connectivity index is 1.85. The third-order valence-electron chi connectivity index (χ3n) is 5.20. The number of thiophene rings is 1. The molecule has 0 N–H and O–H groups in total. The van der Waals surface area contributed by atoms with Gasteiger partial charge < -0.3 is 19.1 Å². The maximum Gasteiger partial charge on any atom is 0.227 e. The first-order valence-electron chi connectivity index (χ1n) is 10.2. The smallest absolute Gasteiger partial charge is 0.227 e. The zero-order valence-corrected chi connectivity index (χ0v) is 19.3. The second-order valence-electron chi connectivity index (χ2n) is 7.35. The monoisotopic (exact) mass is 439 g/mol. The van der Waals surface area contributed by atoms with E-state index in [1.54, 1.807) is 32.7 Å². The minimum Gasteiger partial charge on any atom is -0.493 e. The van der Waals surface area contributed by atoms with Gasteiger partial charge in [0, 0.05) is 23.9 Å². The molecule has 3 aromatic rings. The summed E-state index contributed by atoms with van der Waals surface area (Å²) < 4.78 is 16.3. The molecule has 0 bridgehead atoms. The molecular weight excluding hydrogens is 410 g/mol. The van der Waals surface area contributed by atoms with Gasteiger partial charge in [-0.25, -0.2) is 0 Å². The fourth-order valence-corrected chi connectivity index (χ4v) is 4.44. The van der Waals surface area contributed by atoms with Gasteiger partial charge in [-0.1, -0.05) is 36.4 Å². The van der Waals surface area contributed by atoms with E-state index >= 15 is 0 Å². The van der Waals surface area contributed by atoms with Crippen LogP contribution in [-0.4, -0.2) is 38.2 Å². The number of hydrogen-bond donors (Lipinski definition) is 0. The molecule has 5 nitrogen and oxygen atoms in total. The summed E-state index contributed by atoms with van der Waals surface area (Å²) in [7, 11) is 4.72. The van der Waals surface area contributed by atoms with Crippen molar-refractivity contribution in [1.82, 2.24) is 4.90 Å². The Morgan fingerprint density at radius 3 is 2.16 bits per heavy atom. The van der Waals surface area contributed by atoms with Crippen LogP contribution in [0.4, 0.5) is 0 Å². The normalized spacial score (nSPS) is 11.6. The Hall–Kier alpha value is -2.99. The lowest BCUT2D eigenvalue weighted by Gasteiger charge is -2.30. The van der Waals surface area contributed by atoms with E-state index in [-0.39, 0.29) is 18.4 Å². The number of amides is 1. The SMILES string of the molecule is COc1cc(CC(=O)N(Cc2ccccc2)[C@@H](C)Cc2cccs2)cc(OC)c1OC. The van der Waals surface area contributed by atoms with Crippen LogP contribution in [0, 0.1) is 0 Å². The Labute approximate surface area is 188 Å². The van der Waals surface area contributed by atoms with Gasteiger partial charge in [0.1, 0.15) is 0 Å². The Morgan fingerprint density at radius 1 is 0.935 bits per heavy atom. The van der Waals surface area contributed by atoms with E-state index in [9.17, 15) is 4.79 Å². The van der Waals surface area contributed by atoms with Gasteiger partial charge in [-0.15, -0.1) is 11.3 Å². The molecule has 0 aliphatic rings. The average molecular weight is 440 g/mol. The molecule has 0 saturated carbocycles. The summed E-state index contributed by atoms with van der Waals surface area (Å²) in [6, 6.07) is 18.0. The van der Waals surface area contributed by atoms with Gasteiger partial charge >= 0.3 is 0 Å². The van der Waals surface area contributed by atoms with Gasteiger partial charge in [-0.05, 0) is 41.6 Å². The summed E-state index contributed by atoms with van der Waals surface area (Å²) in [5, 5.41) is 2.07. The molecule has 0 spiro atoms. The lowest BCUT2D eigenvalue weighted by atomic mass is 10.1. The number of methoxy groups -OCH3 is 3. The van der Waals surface area contributed by atoms with Crippen molar-refractivity contribution in [2.24, 2.45) is 0 Å². The van der Waals surface area contributed by atoms with Crippen molar-refractivity contribution in [1.29, 1.82) is 0 Å². The van der Waals surface area contributed by atoms with Crippen molar-refractivity contribution in [3.63, 3.8) is 0 Å². The van der Waals surface area contributed by atoms with Crippen LogP contribution in [0.3, 0.4) is 0 Å². The molecule has 1 heterocycles. The topological polar surface area (TPSA) is 48.0 Å². The molecule has 0 unspecified atom stereocenters. The second-order valence-corrected chi connectivity index (χ2v) is 8.38. The van der Waals surface area contributed by atoms with E-state index in [0.717, 1.165) is 17.5 Å². The van der Waals surface area contributed by atoms with E-state index in [2.05, 4.69) is 30.5 Å². The molecule has 1 atom stereocenters. The fraction of sp³-hybridized carbons (Fsp3) is 0.320. The number of rotatable bonds is 10. The molecule has 3 rings (SSSR count). The third kappa shape index (κ3) is 5.79. The van der Waals surface area contributed by atoms with Crippen molar-refractivity contribution < 1.29 is 19.0 Å². The number of ether oxygens (including phenoxy) is 3. The summed E-state index contributed by atoms with van der Waals surface area (Å²) in [5.41, 5.74) is 1.93. The minimum atomic E-state index is 0.0576. The van der Waals surface area contributed by atoms with Crippen LogP contribution in [-0.2, 0) is 24.2 Å². The van der Waals surface area contributed by atoms with E-state index in [1.807, 2.05) is 41.3 Å². The summed E-state index contributed by atoms with van der Waals surface area (Å²) in [6.07, 6.45) is 1.07. The van der Waals surface area contributed by atoms with Gasteiger partial charge in [0.05, 0.1) is 27.8 Å². The molecule has 1 amide bonds. The molecule has 6 heteroatoms. The maximum absolute atomic E-state index is 13.5. The fourth-order valence-electron chi connectivity index (χ4n) is 3.61. The third-order valence-corrected chi connectivity index (χ3v) is 6.10. The lowest BCUT2D eigenvalue weighted by molar-refractivity contribution is -0.133. The number of nitrogens with zero attached hydrogens (tertiary/aromatic N) is 1. The molecule has 0 radical (unpaired) electrons. The first kappa shape index (κ1) is 22.7. The van der Waals surface area contributed by atoms with Crippen molar-refractivity contribution in [3.05, 3.63) is 76.0 Å². The molecule has 0 saturated heterocycles. The lowest BCUT2D eigenvalue weighted by Crippen LogP contribution is -2.40. The number of carbonyl (C=O) groups is 1. The van der Waals surface area contributed by atoms with E-state index in [0.29, 0.717) is 23.8 Å². The van der Waals surface area contributed by atoms with E-state index < -0.39 is 0 Å². The molecule has 1 aromatic heterocycles. The van der Waals surface area contributed by atoms with Crippen LogP contribution in [0.5, 0.6) is 17.2 Å². The number of hydrogen-bond acceptors (Lipinski definition) is 5. The summed E-state index contributed by atoms with van der Waals surface area (Å²) in [4.78, 5) is 16.7. The van der Waals surface area contributed by atoms with Crippen molar-refractivity contribution in [2.75, 3.05) is 21.3 Å². The predicted octanol–water partition coefficient (Wildman–Crippen LogP) is 4.98. The van der Waals surface area contributed by atoms with Crippen LogP contribution in [0.15, 0.2) is 60.0 Å². The molecule has 2 aromatic carbocycles. The highest BCUT2D eigenvalue weighted by Gasteiger charge is 2.23. The second kappa shape index (κ2) is 10.9. The van der Waals surface area contributed by atoms with Crippen molar-refractivity contribution >= 4 is 17.2 Å².